The largest absolute Gasteiger partial charge is 0.397 e. The summed E-state index contributed by atoms with van der Waals surface area (Å²) < 4.78 is 0. The maximum atomic E-state index is 12.5. The molecule has 1 amide bonds. The predicted octanol–water partition coefficient (Wildman–Crippen LogP) is 6.20. The van der Waals surface area contributed by atoms with Crippen LogP contribution in [0.15, 0.2) is 48.7 Å². The highest BCUT2D eigenvalue weighted by Crippen LogP contribution is 2.29. The molecule has 0 aliphatic heterocycles. The van der Waals surface area contributed by atoms with Crippen LogP contribution in [0, 0.1) is 20.8 Å². The number of hydrogen-bond acceptors (Lipinski definition) is 4. The van der Waals surface area contributed by atoms with E-state index >= 15 is 0 Å². The van der Waals surface area contributed by atoms with Gasteiger partial charge in [-0.3, -0.25) is 4.79 Å². The first-order chi connectivity index (χ1) is 14.8. The van der Waals surface area contributed by atoms with Crippen molar-refractivity contribution in [3.05, 3.63) is 81.5 Å². The molecule has 3 rings (SSSR count). The van der Waals surface area contributed by atoms with Gasteiger partial charge in [0.2, 0.25) is 5.91 Å². The Morgan fingerprint density at radius 2 is 1.87 bits per heavy atom. The number of anilines is 4. The second kappa shape index (κ2) is 9.67. The van der Waals surface area contributed by atoms with Crippen LogP contribution in [0.2, 0.25) is 5.02 Å². The van der Waals surface area contributed by atoms with E-state index in [9.17, 15) is 4.79 Å². The van der Waals surface area contributed by atoms with Gasteiger partial charge in [-0.15, -0.1) is 0 Å². The number of nitrogens with two attached hydrogens (primary N) is 1. The molecule has 31 heavy (non-hydrogen) atoms. The number of rotatable bonds is 6. The van der Waals surface area contributed by atoms with Crippen LogP contribution in [-0.2, 0) is 11.2 Å². The van der Waals surface area contributed by atoms with E-state index in [0.29, 0.717) is 22.2 Å². The van der Waals surface area contributed by atoms with Gasteiger partial charge < -0.3 is 16.4 Å². The summed E-state index contributed by atoms with van der Waals surface area (Å²) >= 11 is 6.17. The van der Waals surface area contributed by atoms with Gasteiger partial charge in [0, 0.05) is 28.5 Å². The third-order valence-electron chi connectivity index (χ3n) is 5.03. The average Bonchev–Trinajstić information content (AvgIpc) is 2.71. The summed E-state index contributed by atoms with van der Waals surface area (Å²) in [6.07, 6.45) is 5.67. The SMILES string of the molecule is CCc1cc(NC(=O)/C=C/c2cccnc2Nc2c(C)cc(C)cc2C)c(N)cc1Cl. The molecule has 2 aromatic carbocycles. The second-order valence-electron chi connectivity index (χ2n) is 7.55. The lowest BCUT2D eigenvalue weighted by Gasteiger charge is -2.15. The number of carbonyl (C=O) groups is 1. The highest BCUT2D eigenvalue weighted by atomic mass is 35.5. The van der Waals surface area contributed by atoms with Crippen molar-refractivity contribution in [3.63, 3.8) is 0 Å². The van der Waals surface area contributed by atoms with Gasteiger partial charge in [-0.25, -0.2) is 4.98 Å². The van der Waals surface area contributed by atoms with Gasteiger partial charge >= 0.3 is 0 Å². The second-order valence-corrected chi connectivity index (χ2v) is 7.95. The Kier molecular flexibility index (Phi) is 6.98. The number of aryl methyl sites for hydroxylation is 4. The zero-order chi connectivity index (χ0) is 22.5. The Labute approximate surface area is 188 Å². The van der Waals surface area contributed by atoms with Gasteiger partial charge in [0.15, 0.2) is 0 Å². The number of pyridine rings is 1. The molecule has 160 valence electrons. The van der Waals surface area contributed by atoms with E-state index in [1.54, 1.807) is 18.3 Å². The van der Waals surface area contributed by atoms with E-state index in [-0.39, 0.29) is 5.91 Å². The van der Waals surface area contributed by atoms with Crippen molar-refractivity contribution >= 4 is 46.5 Å². The smallest absolute Gasteiger partial charge is 0.248 e. The van der Waals surface area contributed by atoms with E-state index in [1.165, 1.54) is 11.6 Å². The Balaban J connectivity index is 1.80. The summed E-state index contributed by atoms with van der Waals surface area (Å²) in [5, 5.41) is 6.84. The third kappa shape index (κ3) is 5.44. The van der Waals surface area contributed by atoms with Gasteiger partial charge in [0.05, 0.1) is 11.4 Å². The Hall–Kier alpha value is -3.31. The molecule has 5 nitrogen and oxygen atoms in total. The van der Waals surface area contributed by atoms with E-state index in [4.69, 9.17) is 17.3 Å². The number of benzene rings is 2. The molecule has 0 aliphatic rings. The van der Waals surface area contributed by atoms with Gasteiger partial charge in [-0.2, -0.15) is 0 Å². The van der Waals surface area contributed by atoms with E-state index in [1.807, 2.05) is 25.1 Å². The van der Waals surface area contributed by atoms with Gasteiger partial charge in [0.1, 0.15) is 5.82 Å². The lowest BCUT2D eigenvalue weighted by atomic mass is 10.0. The quantitative estimate of drug-likeness (QED) is 0.318. The van der Waals surface area contributed by atoms with Gasteiger partial charge in [-0.1, -0.05) is 36.2 Å². The number of aromatic nitrogens is 1. The molecule has 0 fully saturated rings. The van der Waals surface area contributed by atoms with Crippen molar-refractivity contribution < 1.29 is 4.79 Å². The van der Waals surface area contributed by atoms with Crippen LogP contribution in [0.1, 0.15) is 34.7 Å². The van der Waals surface area contributed by atoms with E-state index in [2.05, 4.69) is 48.5 Å². The molecular formula is C25H27ClN4O. The molecule has 3 aromatic rings. The molecule has 0 saturated heterocycles. The first kappa shape index (κ1) is 22.4. The highest BCUT2D eigenvalue weighted by molar-refractivity contribution is 6.31. The minimum absolute atomic E-state index is 0.284. The molecule has 0 aliphatic carbocycles. The number of amides is 1. The topological polar surface area (TPSA) is 80.0 Å². The first-order valence-electron chi connectivity index (χ1n) is 10.1. The first-order valence-corrected chi connectivity index (χ1v) is 10.5. The molecule has 0 bridgehead atoms. The fraction of sp³-hybridized carbons (Fsp3) is 0.200. The van der Waals surface area contributed by atoms with E-state index in [0.717, 1.165) is 34.4 Å². The van der Waals surface area contributed by atoms with Crippen LogP contribution in [0.4, 0.5) is 22.9 Å². The summed E-state index contributed by atoms with van der Waals surface area (Å²) in [4.78, 5) is 17.0. The van der Waals surface area contributed by atoms with Crippen molar-refractivity contribution in [1.29, 1.82) is 0 Å². The van der Waals surface area contributed by atoms with Crippen LogP contribution in [0.5, 0.6) is 0 Å². The predicted molar refractivity (Wildman–Crippen MR) is 131 cm³/mol. The zero-order valence-corrected chi connectivity index (χ0v) is 19.0. The normalized spacial score (nSPS) is 11.0. The number of nitrogen functional groups attached to an aromatic ring is 1. The molecular weight excluding hydrogens is 408 g/mol. The summed E-state index contributed by atoms with van der Waals surface area (Å²) in [5.41, 5.74) is 13.2. The molecule has 1 heterocycles. The lowest BCUT2D eigenvalue weighted by molar-refractivity contribution is -0.111. The minimum Gasteiger partial charge on any atom is -0.397 e. The maximum Gasteiger partial charge on any atom is 0.248 e. The zero-order valence-electron chi connectivity index (χ0n) is 18.2. The molecule has 6 heteroatoms. The molecule has 0 unspecified atom stereocenters. The Morgan fingerprint density at radius 3 is 2.55 bits per heavy atom. The molecule has 0 spiro atoms. The number of carbonyl (C=O) groups excluding carboxylic acids is 1. The lowest BCUT2D eigenvalue weighted by Crippen LogP contribution is -2.10. The summed E-state index contributed by atoms with van der Waals surface area (Å²) in [7, 11) is 0. The van der Waals surface area contributed by atoms with Crippen LogP contribution >= 0.6 is 11.6 Å². The minimum atomic E-state index is -0.284. The van der Waals surface area contributed by atoms with Crippen LogP contribution < -0.4 is 16.4 Å². The molecule has 0 saturated carbocycles. The Morgan fingerprint density at radius 1 is 1.16 bits per heavy atom. The van der Waals surface area contributed by atoms with Crippen molar-refractivity contribution in [2.24, 2.45) is 0 Å². The summed E-state index contributed by atoms with van der Waals surface area (Å²) in [6.45, 7) is 8.20. The monoisotopic (exact) mass is 434 g/mol. The van der Waals surface area contributed by atoms with Crippen molar-refractivity contribution in [2.45, 2.75) is 34.1 Å². The fourth-order valence-electron chi connectivity index (χ4n) is 3.50. The van der Waals surface area contributed by atoms with Crippen LogP contribution in [0.3, 0.4) is 0 Å². The Bertz CT molecular complexity index is 1130. The van der Waals surface area contributed by atoms with E-state index < -0.39 is 0 Å². The molecule has 4 N–H and O–H groups in total. The van der Waals surface area contributed by atoms with Gasteiger partial charge in [0.25, 0.3) is 0 Å². The number of halogens is 1. The summed E-state index contributed by atoms with van der Waals surface area (Å²) in [5.74, 6) is 0.398. The molecule has 0 atom stereocenters. The molecule has 1 aromatic heterocycles. The average molecular weight is 435 g/mol. The van der Waals surface area contributed by atoms with Crippen LogP contribution in [0.25, 0.3) is 6.08 Å². The van der Waals surface area contributed by atoms with Crippen molar-refractivity contribution in [3.8, 4) is 0 Å². The molecule has 0 radical (unpaired) electrons. The maximum absolute atomic E-state index is 12.5. The number of hydrogen-bond donors (Lipinski definition) is 3. The van der Waals surface area contributed by atoms with Crippen molar-refractivity contribution in [1.82, 2.24) is 4.98 Å². The number of nitrogens with one attached hydrogen (secondary N) is 2. The third-order valence-corrected chi connectivity index (χ3v) is 5.38. The standard InChI is InChI=1S/C25H27ClN4O/c1-5-18-13-22(21(27)14-20(18)26)29-23(31)9-8-19-7-6-10-28-25(19)30-24-16(3)11-15(2)12-17(24)4/h6-14H,5,27H2,1-4H3,(H,28,30)(H,29,31)/b9-8+. The fourth-order valence-corrected chi connectivity index (χ4v) is 3.81. The van der Waals surface area contributed by atoms with Gasteiger partial charge in [-0.05, 0) is 74.2 Å². The van der Waals surface area contributed by atoms with Crippen LogP contribution in [-0.4, -0.2) is 10.9 Å². The number of nitrogens with zero attached hydrogens (tertiary/aromatic N) is 1. The van der Waals surface area contributed by atoms with Crippen molar-refractivity contribution in [2.75, 3.05) is 16.4 Å². The summed E-state index contributed by atoms with van der Waals surface area (Å²) in [6, 6.07) is 11.5. The highest BCUT2D eigenvalue weighted by Gasteiger charge is 2.09.